The van der Waals surface area contributed by atoms with E-state index in [1.165, 1.54) is 11.0 Å². The summed E-state index contributed by atoms with van der Waals surface area (Å²) in [7, 11) is 0. The molecule has 0 radical (unpaired) electrons. The van der Waals surface area contributed by atoms with E-state index in [1.54, 1.807) is 13.0 Å². The number of benzene rings is 1. The Morgan fingerprint density at radius 1 is 1.45 bits per heavy atom. The van der Waals surface area contributed by atoms with Crippen LogP contribution in [0.5, 0.6) is 0 Å². The topological polar surface area (TPSA) is 109 Å². The van der Waals surface area contributed by atoms with E-state index in [2.05, 4.69) is 26.1 Å². The predicted molar refractivity (Wildman–Crippen MR) is 69.7 cm³/mol. The molecule has 0 aliphatic heterocycles. The van der Waals surface area contributed by atoms with E-state index < -0.39 is 5.91 Å². The first-order valence-electron chi connectivity index (χ1n) is 5.74. The van der Waals surface area contributed by atoms with Gasteiger partial charge in [-0.3, -0.25) is 4.79 Å². The fourth-order valence-corrected chi connectivity index (χ4v) is 1.46. The zero-order valence-electron chi connectivity index (χ0n) is 10.7. The molecule has 100 valence electrons. The molecule has 0 saturated heterocycles. The van der Waals surface area contributed by atoms with Gasteiger partial charge < -0.3 is 0 Å². The van der Waals surface area contributed by atoms with Crippen LogP contribution in [0.15, 0.2) is 35.7 Å². The predicted octanol–water partition coefficient (Wildman–Crippen LogP) is 0.416. The molecule has 2 aromatic rings. The van der Waals surface area contributed by atoms with Gasteiger partial charge in [-0.2, -0.15) is 10.4 Å². The van der Waals surface area contributed by atoms with Crippen LogP contribution in [0.4, 0.5) is 0 Å². The van der Waals surface area contributed by atoms with E-state index in [9.17, 15) is 4.79 Å². The van der Waals surface area contributed by atoms with Gasteiger partial charge >= 0.3 is 0 Å². The van der Waals surface area contributed by atoms with Crippen molar-refractivity contribution in [3.05, 3.63) is 36.2 Å². The number of nitriles is 1. The standard InChI is InChI=1S/C12H11N7O/c1-9(15-16-12(20)6-7-13)10-2-4-11(5-3-10)19-8-14-17-18-19/h2-5,8H,6H2,1H3,(H,16,20)/b15-9+. The smallest absolute Gasteiger partial charge is 0.254 e. The number of rotatable bonds is 4. The Morgan fingerprint density at radius 2 is 2.20 bits per heavy atom. The van der Waals surface area contributed by atoms with Gasteiger partial charge in [0.05, 0.1) is 17.5 Å². The van der Waals surface area contributed by atoms with Crippen LogP contribution in [0.2, 0.25) is 0 Å². The third-order valence-electron chi connectivity index (χ3n) is 2.49. The van der Waals surface area contributed by atoms with Gasteiger partial charge in [-0.15, -0.1) is 5.10 Å². The molecule has 0 bridgehead atoms. The van der Waals surface area contributed by atoms with E-state index in [0.717, 1.165) is 11.3 Å². The molecule has 0 aliphatic carbocycles. The lowest BCUT2D eigenvalue weighted by atomic mass is 10.1. The van der Waals surface area contributed by atoms with E-state index in [0.29, 0.717) is 5.71 Å². The molecule has 1 heterocycles. The van der Waals surface area contributed by atoms with Gasteiger partial charge in [-0.05, 0) is 35.0 Å². The minimum atomic E-state index is -0.433. The minimum absolute atomic E-state index is 0.213. The Hall–Kier alpha value is -3.08. The van der Waals surface area contributed by atoms with Crippen molar-refractivity contribution in [2.24, 2.45) is 5.10 Å². The number of tetrazole rings is 1. The van der Waals surface area contributed by atoms with Gasteiger partial charge in [0.1, 0.15) is 12.7 Å². The van der Waals surface area contributed by atoms with Crippen LogP contribution in [0, 0.1) is 11.3 Å². The molecule has 0 aliphatic rings. The Balaban J connectivity index is 2.08. The van der Waals surface area contributed by atoms with Crippen LogP contribution < -0.4 is 5.43 Å². The number of hydrogen-bond donors (Lipinski definition) is 1. The summed E-state index contributed by atoms with van der Waals surface area (Å²) >= 11 is 0. The zero-order valence-corrected chi connectivity index (χ0v) is 10.7. The number of amides is 1. The fourth-order valence-electron chi connectivity index (χ4n) is 1.46. The molecule has 20 heavy (non-hydrogen) atoms. The molecule has 0 unspecified atom stereocenters. The normalized spacial score (nSPS) is 10.9. The summed E-state index contributed by atoms with van der Waals surface area (Å²) in [6.07, 6.45) is 1.28. The zero-order chi connectivity index (χ0) is 14.4. The second-order valence-corrected chi connectivity index (χ2v) is 3.87. The summed E-state index contributed by atoms with van der Waals surface area (Å²) in [4.78, 5) is 11.1. The number of aromatic nitrogens is 4. The van der Waals surface area contributed by atoms with Gasteiger partial charge in [0.2, 0.25) is 0 Å². The Labute approximate surface area is 114 Å². The highest BCUT2D eigenvalue weighted by molar-refractivity contribution is 5.99. The maximum absolute atomic E-state index is 11.1. The van der Waals surface area contributed by atoms with Crippen LogP contribution in [-0.4, -0.2) is 31.8 Å². The Morgan fingerprint density at radius 3 is 2.80 bits per heavy atom. The van der Waals surface area contributed by atoms with Gasteiger partial charge in [0.25, 0.3) is 5.91 Å². The molecule has 0 spiro atoms. The maximum Gasteiger partial charge on any atom is 0.254 e. The van der Waals surface area contributed by atoms with Crippen molar-refractivity contribution < 1.29 is 4.79 Å². The molecule has 1 aromatic carbocycles. The highest BCUT2D eigenvalue weighted by Gasteiger charge is 2.02. The number of hydrogen-bond acceptors (Lipinski definition) is 6. The SMILES string of the molecule is C/C(=N\NC(=O)CC#N)c1ccc(-n2cnnn2)cc1. The molecule has 1 amide bonds. The molecule has 2 rings (SSSR count). The average molecular weight is 269 g/mol. The molecular formula is C12H11N7O. The summed E-state index contributed by atoms with van der Waals surface area (Å²) in [6, 6.07) is 9.10. The second-order valence-electron chi connectivity index (χ2n) is 3.87. The van der Waals surface area contributed by atoms with Crippen LogP contribution in [0.3, 0.4) is 0 Å². The minimum Gasteiger partial charge on any atom is -0.272 e. The van der Waals surface area contributed by atoms with Gasteiger partial charge in [0, 0.05) is 0 Å². The van der Waals surface area contributed by atoms with Crippen molar-refractivity contribution in [2.75, 3.05) is 0 Å². The van der Waals surface area contributed by atoms with Crippen molar-refractivity contribution >= 4 is 11.6 Å². The fraction of sp³-hybridized carbons (Fsp3) is 0.167. The van der Waals surface area contributed by atoms with Gasteiger partial charge in [0.15, 0.2) is 0 Å². The summed E-state index contributed by atoms with van der Waals surface area (Å²) in [6.45, 7) is 1.76. The maximum atomic E-state index is 11.1. The van der Waals surface area contributed by atoms with Crippen LogP contribution in [0.25, 0.3) is 5.69 Å². The molecule has 8 nitrogen and oxygen atoms in total. The first-order chi connectivity index (χ1) is 9.70. The third kappa shape index (κ3) is 3.23. The number of hydrazone groups is 1. The quantitative estimate of drug-likeness (QED) is 0.639. The lowest BCUT2D eigenvalue weighted by Crippen LogP contribution is -2.18. The van der Waals surface area contributed by atoms with Crippen molar-refractivity contribution in [3.8, 4) is 11.8 Å². The second kappa shape index (κ2) is 6.19. The van der Waals surface area contributed by atoms with E-state index in [4.69, 9.17) is 5.26 Å². The highest BCUT2D eigenvalue weighted by atomic mass is 16.2. The molecule has 1 N–H and O–H groups in total. The summed E-state index contributed by atoms with van der Waals surface area (Å²) in [5, 5.41) is 23.2. The Kier molecular flexibility index (Phi) is 4.14. The van der Waals surface area contributed by atoms with Gasteiger partial charge in [-0.25, -0.2) is 10.1 Å². The van der Waals surface area contributed by atoms with Crippen LogP contribution in [-0.2, 0) is 4.79 Å². The number of nitrogens with one attached hydrogen (secondary N) is 1. The molecule has 0 fully saturated rings. The summed E-state index contributed by atoms with van der Waals surface area (Å²) < 4.78 is 1.53. The molecule has 8 heteroatoms. The molecule has 0 saturated carbocycles. The molecule has 1 aromatic heterocycles. The van der Waals surface area contributed by atoms with E-state index in [-0.39, 0.29) is 6.42 Å². The Bertz CT molecular complexity index is 652. The molecule has 0 atom stereocenters. The van der Waals surface area contributed by atoms with E-state index in [1.807, 2.05) is 24.3 Å². The highest BCUT2D eigenvalue weighted by Crippen LogP contribution is 2.08. The third-order valence-corrected chi connectivity index (χ3v) is 2.49. The van der Waals surface area contributed by atoms with Crippen molar-refractivity contribution in [3.63, 3.8) is 0 Å². The van der Waals surface area contributed by atoms with Crippen molar-refractivity contribution in [1.29, 1.82) is 5.26 Å². The summed E-state index contributed by atoms with van der Waals surface area (Å²) in [5.41, 5.74) is 4.62. The van der Waals surface area contributed by atoms with E-state index >= 15 is 0 Å². The number of carbonyl (C=O) groups excluding carboxylic acids is 1. The first-order valence-corrected chi connectivity index (χ1v) is 5.74. The summed E-state index contributed by atoms with van der Waals surface area (Å²) in [5.74, 6) is -0.433. The lowest BCUT2D eigenvalue weighted by molar-refractivity contribution is -0.120. The van der Waals surface area contributed by atoms with Crippen LogP contribution in [0.1, 0.15) is 18.9 Å². The number of carbonyl (C=O) groups is 1. The largest absolute Gasteiger partial charge is 0.272 e. The van der Waals surface area contributed by atoms with Gasteiger partial charge in [-0.1, -0.05) is 12.1 Å². The molecular weight excluding hydrogens is 258 g/mol. The first kappa shape index (κ1) is 13.4. The monoisotopic (exact) mass is 269 g/mol. The van der Waals surface area contributed by atoms with Crippen molar-refractivity contribution in [1.82, 2.24) is 25.6 Å². The lowest BCUT2D eigenvalue weighted by Gasteiger charge is -2.03. The number of nitrogens with zero attached hydrogens (tertiary/aromatic N) is 6. The average Bonchev–Trinajstić information content (AvgIpc) is 2.99. The van der Waals surface area contributed by atoms with Crippen molar-refractivity contribution in [2.45, 2.75) is 13.3 Å². The van der Waals surface area contributed by atoms with Crippen LogP contribution >= 0.6 is 0 Å².